The first kappa shape index (κ1) is 37.6. The molecule has 5 heteroatoms. The minimum absolute atomic E-state index is 0.562. The van der Waals surface area contributed by atoms with Crippen LogP contribution in [0.3, 0.4) is 0 Å². The number of fused-ring (bicyclic) bond motifs is 9. The molecule has 0 bridgehead atoms. The number of benzene rings is 10. The molecule has 0 unspecified atom stereocenters. The van der Waals surface area contributed by atoms with Crippen molar-refractivity contribution < 1.29 is 0 Å². The first-order chi connectivity index (χ1) is 32.7. The Kier molecular flexibility index (Phi) is 8.78. The van der Waals surface area contributed by atoms with E-state index >= 15 is 0 Å². The molecule has 10 aromatic carbocycles. The van der Waals surface area contributed by atoms with Gasteiger partial charge in [-0.3, -0.25) is 4.57 Å². The monoisotopic (exact) mass is 841 g/mol. The maximum Gasteiger partial charge on any atom is 0.238 e. The lowest BCUT2D eigenvalue weighted by atomic mass is 9.98. The first-order valence-electron chi connectivity index (χ1n) is 22.4. The number of hydrogen-bond donors (Lipinski definition) is 0. The summed E-state index contributed by atoms with van der Waals surface area (Å²) in [5.74, 6) is 1.79. The van der Waals surface area contributed by atoms with Gasteiger partial charge in [0.2, 0.25) is 5.95 Å². The number of aromatic nitrogens is 5. The van der Waals surface area contributed by atoms with E-state index in [-0.39, 0.29) is 0 Å². The molecule has 0 fully saturated rings. The Morgan fingerprint density at radius 2 is 0.758 bits per heavy atom. The average molecular weight is 842 g/mol. The molecule has 13 rings (SSSR count). The predicted molar refractivity (Wildman–Crippen MR) is 273 cm³/mol. The van der Waals surface area contributed by atoms with Crippen molar-refractivity contribution in [2.24, 2.45) is 0 Å². The number of rotatable bonds is 7. The van der Waals surface area contributed by atoms with Crippen LogP contribution in [-0.4, -0.2) is 24.1 Å². The van der Waals surface area contributed by atoms with Crippen molar-refractivity contribution in [2.45, 2.75) is 0 Å². The van der Waals surface area contributed by atoms with E-state index < -0.39 is 0 Å². The van der Waals surface area contributed by atoms with E-state index in [0.29, 0.717) is 17.6 Å². The van der Waals surface area contributed by atoms with Crippen molar-refractivity contribution >= 4 is 54.4 Å². The van der Waals surface area contributed by atoms with Gasteiger partial charge in [-0.15, -0.1) is 0 Å². The van der Waals surface area contributed by atoms with Crippen LogP contribution < -0.4 is 0 Å². The van der Waals surface area contributed by atoms with Gasteiger partial charge in [-0.2, -0.15) is 9.97 Å². The van der Waals surface area contributed by atoms with Crippen LogP contribution in [0.25, 0.3) is 122 Å². The Labute approximate surface area is 381 Å². The molecule has 308 valence electrons. The molecule has 0 amide bonds. The number of para-hydroxylation sites is 1. The lowest BCUT2D eigenvalue weighted by Crippen LogP contribution is -2.06. The molecule has 0 N–H and O–H groups in total. The fourth-order valence-electron chi connectivity index (χ4n) is 9.92. The summed E-state index contributed by atoms with van der Waals surface area (Å²) >= 11 is 0. The fourth-order valence-corrected chi connectivity index (χ4v) is 9.92. The van der Waals surface area contributed by atoms with Crippen LogP contribution in [0.1, 0.15) is 0 Å². The number of nitrogens with zero attached hydrogens (tertiary/aromatic N) is 5. The molecule has 0 saturated heterocycles. The minimum Gasteiger partial charge on any atom is -0.309 e. The highest BCUT2D eigenvalue weighted by atomic mass is 15.2. The third-order valence-corrected chi connectivity index (χ3v) is 12.9. The van der Waals surface area contributed by atoms with Crippen molar-refractivity contribution in [3.05, 3.63) is 237 Å². The SMILES string of the molecule is c1ccc(-c2cccc(-c3nc(-c4ccccc4)nc(-n4c5ccccc5c5c6c7ccc8ccccc8c7n(-c7cc(-c8ccccc8)cc(-c8ccccc8)c7)c6ccc54)n3)c2)cc1. The van der Waals surface area contributed by atoms with Gasteiger partial charge >= 0.3 is 0 Å². The minimum atomic E-state index is 0.562. The summed E-state index contributed by atoms with van der Waals surface area (Å²) in [5.41, 5.74) is 14.2. The third-order valence-electron chi connectivity index (χ3n) is 12.9. The van der Waals surface area contributed by atoms with E-state index in [2.05, 4.69) is 221 Å². The summed E-state index contributed by atoms with van der Waals surface area (Å²) in [4.78, 5) is 15.8. The molecule has 3 heterocycles. The summed E-state index contributed by atoms with van der Waals surface area (Å²) in [5, 5.41) is 7.03. The summed E-state index contributed by atoms with van der Waals surface area (Å²) in [6.07, 6.45) is 0. The Morgan fingerprint density at radius 1 is 0.273 bits per heavy atom. The topological polar surface area (TPSA) is 48.5 Å². The molecule has 0 saturated carbocycles. The number of hydrogen-bond acceptors (Lipinski definition) is 3. The van der Waals surface area contributed by atoms with Gasteiger partial charge in [-0.25, -0.2) is 4.98 Å². The summed E-state index contributed by atoms with van der Waals surface area (Å²) in [6, 6.07) is 84.1. The van der Waals surface area contributed by atoms with E-state index in [1.165, 1.54) is 38.2 Å². The Balaban J connectivity index is 1.11. The van der Waals surface area contributed by atoms with Gasteiger partial charge in [0.25, 0.3) is 0 Å². The van der Waals surface area contributed by atoms with Gasteiger partial charge in [0.1, 0.15) is 0 Å². The van der Waals surface area contributed by atoms with Crippen LogP contribution in [0.15, 0.2) is 237 Å². The molecule has 0 aliphatic carbocycles. The average Bonchev–Trinajstić information content (AvgIpc) is 3.93. The van der Waals surface area contributed by atoms with Gasteiger partial charge in [0.15, 0.2) is 11.6 Å². The highest BCUT2D eigenvalue weighted by molar-refractivity contribution is 6.31. The van der Waals surface area contributed by atoms with Gasteiger partial charge < -0.3 is 4.57 Å². The zero-order valence-electron chi connectivity index (χ0n) is 35.8. The molecular formula is C61H39N5. The molecule has 3 aromatic heterocycles. The molecule has 66 heavy (non-hydrogen) atoms. The molecule has 5 nitrogen and oxygen atoms in total. The highest BCUT2D eigenvalue weighted by Gasteiger charge is 2.24. The van der Waals surface area contributed by atoms with Crippen LogP contribution in [0.5, 0.6) is 0 Å². The van der Waals surface area contributed by atoms with E-state index in [9.17, 15) is 0 Å². The highest BCUT2D eigenvalue weighted by Crippen LogP contribution is 2.45. The van der Waals surface area contributed by atoms with Crippen molar-refractivity contribution in [1.29, 1.82) is 0 Å². The first-order valence-corrected chi connectivity index (χ1v) is 22.4. The lowest BCUT2D eigenvalue weighted by molar-refractivity contribution is 0.953. The molecular weight excluding hydrogens is 803 g/mol. The second-order valence-corrected chi connectivity index (χ2v) is 16.8. The second-order valence-electron chi connectivity index (χ2n) is 16.8. The van der Waals surface area contributed by atoms with Crippen LogP contribution in [0.4, 0.5) is 0 Å². The second kappa shape index (κ2) is 15.4. The Hall–Kier alpha value is -8.93. The van der Waals surface area contributed by atoms with Crippen molar-refractivity contribution in [1.82, 2.24) is 24.1 Å². The van der Waals surface area contributed by atoms with E-state index in [1.54, 1.807) is 0 Å². The zero-order valence-corrected chi connectivity index (χ0v) is 35.8. The van der Waals surface area contributed by atoms with Crippen LogP contribution in [-0.2, 0) is 0 Å². The van der Waals surface area contributed by atoms with E-state index in [1.807, 2.05) is 24.3 Å². The van der Waals surface area contributed by atoms with Crippen LogP contribution >= 0.6 is 0 Å². The smallest absolute Gasteiger partial charge is 0.238 e. The van der Waals surface area contributed by atoms with Gasteiger partial charge in [0, 0.05) is 43.7 Å². The molecule has 0 spiro atoms. The third kappa shape index (κ3) is 6.21. The molecule has 13 aromatic rings. The van der Waals surface area contributed by atoms with Gasteiger partial charge in [-0.05, 0) is 81.2 Å². The van der Waals surface area contributed by atoms with E-state index in [4.69, 9.17) is 15.0 Å². The molecule has 0 atom stereocenters. The maximum atomic E-state index is 5.36. The van der Waals surface area contributed by atoms with Crippen molar-refractivity contribution in [3.63, 3.8) is 0 Å². The maximum absolute atomic E-state index is 5.36. The van der Waals surface area contributed by atoms with Crippen molar-refractivity contribution in [2.75, 3.05) is 0 Å². The van der Waals surface area contributed by atoms with Crippen LogP contribution in [0, 0.1) is 0 Å². The summed E-state index contributed by atoms with van der Waals surface area (Å²) in [7, 11) is 0. The van der Waals surface area contributed by atoms with Crippen LogP contribution in [0.2, 0.25) is 0 Å². The summed E-state index contributed by atoms with van der Waals surface area (Å²) in [6.45, 7) is 0. The zero-order chi connectivity index (χ0) is 43.6. The molecule has 0 aliphatic heterocycles. The molecule has 0 radical (unpaired) electrons. The fraction of sp³-hybridized carbons (Fsp3) is 0. The quantitative estimate of drug-likeness (QED) is 0.161. The lowest BCUT2D eigenvalue weighted by Gasteiger charge is -2.15. The predicted octanol–water partition coefficient (Wildman–Crippen LogP) is 15.6. The normalized spacial score (nSPS) is 11.6. The van der Waals surface area contributed by atoms with Gasteiger partial charge in [0.05, 0.1) is 22.1 Å². The van der Waals surface area contributed by atoms with Gasteiger partial charge in [-0.1, -0.05) is 194 Å². The Bertz CT molecular complexity index is 3910. The standard InChI is InChI=1S/C61H39N5/c1-5-18-40(19-6-1)45-27-17-28-46(36-45)60-62-59(44-25-11-4-12-26-44)63-61(64-60)66-53-31-16-15-30-51(53)56-55(66)35-34-54-57(56)52-33-32-43-24-13-14-29-50(43)58(52)65(54)49-38-47(41-20-7-2-8-21-41)37-48(39-49)42-22-9-3-10-23-42/h1-39H. The molecule has 0 aliphatic rings. The van der Waals surface area contributed by atoms with E-state index in [0.717, 1.165) is 66.4 Å². The Morgan fingerprint density at radius 3 is 1.42 bits per heavy atom. The van der Waals surface area contributed by atoms with Crippen molar-refractivity contribution in [3.8, 4) is 67.8 Å². The largest absolute Gasteiger partial charge is 0.309 e. The summed E-state index contributed by atoms with van der Waals surface area (Å²) < 4.78 is 4.72.